The van der Waals surface area contributed by atoms with E-state index < -0.39 is 30.5 Å². The Morgan fingerprint density at radius 1 is 0.808 bits per heavy atom. The molecule has 1 aromatic heterocycles. The normalized spacial score (nSPS) is 15.0. The predicted molar refractivity (Wildman–Crippen MR) is 187 cm³/mol. The number of nitrogens with two attached hydrogens (primary N) is 2. The molecule has 14 nitrogen and oxygen atoms in total. The Morgan fingerprint density at radius 2 is 1.31 bits per heavy atom. The van der Waals surface area contributed by atoms with Crippen LogP contribution in [0.2, 0.25) is 0 Å². The largest absolute Gasteiger partial charge is 0.494 e. The van der Waals surface area contributed by atoms with Gasteiger partial charge in [0, 0.05) is 17.5 Å². The van der Waals surface area contributed by atoms with Gasteiger partial charge >= 0.3 is 19.3 Å². The standard InChI is InChI=1S/C32H47BN4O8.C2HF3O2/c1-31(2)32(3,4)45-33(44-31)25-6-8-30(27(22-25)24-5-7-26-28(35)23-36-37-29(26)21-24)43-20-19-42-18-17-41-16-15-40-14-13-39-12-11-38-10-9-34;3-2(4,5)1(6)7/h5-8,21-23H,9-20,34H2,1-4H3,(H2,35,37);(H,6,7). The Labute approximate surface area is 301 Å². The molecule has 1 aliphatic rings. The minimum atomic E-state index is -5.08. The number of hydrogen-bond acceptors (Lipinski definition) is 13. The molecule has 0 atom stereocenters. The van der Waals surface area contributed by atoms with Gasteiger partial charge in [0.25, 0.3) is 0 Å². The van der Waals surface area contributed by atoms with Gasteiger partial charge in [-0.1, -0.05) is 18.2 Å². The van der Waals surface area contributed by atoms with Crippen LogP contribution in [0.1, 0.15) is 27.7 Å². The van der Waals surface area contributed by atoms with Gasteiger partial charge in [-0.15, -0.1) is 0 Å². The molecule has 0 amide bonds. The van der Waals surface area contributed by atoms with Gasteiger partial charge in [0.15, 0.2) is 0 Å². The number of hydrogen-bond donors (Lipinski definition) is 3. The minimum Gasteiger partial charge on any atom is -0.491 e. The van der Waals surface area contributed by atoms with Crippen molar-refractivity contribution in [2.75, 3.05) is 85.0 Å². The number of aliphatic carboxylic acids is 1. The summed E-state index contributed by atoms with van der Waals surface area (Å²) in [6, 6.07) is 11.9. The van der Waals surface area contributed by atoms with Gasteiger partial charge in [0.2, 0.25) is 0 Å². The molecule has 1 saturated heterocycles. The van der Waals surface area contributed by atoms with Crippen molar-refractivity contribution in [2.24, 2.45) is 5.73 Å². The first kappa shape index (κ1) is 42.8. The molecule has 5 N–H and O–H groups in total. The Bertz CT molecular complexity index is 1540. The molecule has 288 valence electrons. The molecule has 2 heterocycles. The molecular formula is C34H48BF3N4O10. The van der Waals surface area contributed by atoms with Crippen LogP contribution in [0.15, 0.2) is 42.6 Å². The van der Waals surface area contributed by atoms with Gasteiger partial charge in [-0.3, -0.25) is 0 Å². The van der Waals surface area contributed by atoms with Crippen LogP contribution in [-0.2, 0) is 37.8 Å². The number of nitrogen functional groups attached to an aromatic ring is 1. The zero-order chi connectivity index (χ0) is 38.2. The van der Waals surface area contributed by atoms with E-state index in [9.17, 15) is 13.2 Å². The molecular weight excluding hydrogens is 692 g/mol. The number of anilines is 1. The third-order valence-corrected chi connectivity index (χ3v) is 7.99. The summed E-state index contributed by atoms with van der Waals surface area (Å²) in [5.74, 6) is -2.05. The molecule has 0 radical (unpaired) electrons. The Hall–Kier alpha value is -3.62. The van der Waals surface area contributed by atoms with Crippen molar-refractivity contribution < 1.29 is 60.8 Å². The first-order valence-corrected chi connectivity index (χ1v) is 16.7. The summed E-state index contributed by atoms with van der Waals surface area (Å²) in [5, 5.41) is 16.3. The maximum absolute atomic E-state index is 10.6. The van der Waals surface area contributed by atoms with E-state index in [0.29, 0.717) is 96.2 Å². The second-order valence-corrected chi connectivity index (χ2v) is 12.4. The van der Waals surface area contributed by atoms with Gasteiger partial charge in [0.1, 0.15) is 12.4 Å². The molecule has 18 heteroatoms. The molecule has 0 spiro atoms. The lowest BCUT2D eigenvalue weighted by atomic mass is 9.77. The number of nitrogens with zero attached hydrogens (tertiary/aromatic N) is 2. The average molecular weight is 741 g/mol. The first-order valence-electron chi connectivity index (χ1n) is 16.7. The van der Waals surface area contributed by atoms with Gasteiger partial charge in [0.05, 0.1) is 94.7 Å². The van der Waals surface area contributed by atoms with Crippen molar-refractivity contribution in [3.63, 3.8) is 0 Å². The summed E-state index contributed by atoms with van der Waals surface area (Å²) < 4.78 is 78.0. The third-order valence-electron chi connectivity index (χ3n) is 7.99. The van der Waals surface area contributed by atoms with Crippen molar-refractivity contribution in [3.05, 3.63) is 42.6 Å². The number of carboxylic acid groups (broad SMARTS) is 1. The number of carbonyl (C=O) groups is 1. The van der Waals surface area contributed by atoms with Crippen LogP contribution in [0.3, 0.4) is 0 Å². The molecule has 0 aliphatic carbocycles. The zero-order valence-corrected chi connectivity index (χ0v) is 29.9. The second kappa shape index (κ2) is 20.6. The van der Waals surface area contributed by atoms with E-state index in [2.05, 4.69) is 10.2 Å². The van der Waals surface area contributed by atoms with Crippen LogP contribution >= 0.6 is 0 Å². The van der Waals surface area contributed by atoms with Crippen LogP contribution in [0, 0.1) is 0 Å². The fourth-order valence-electron chi connectivity index (χ4n) is 4.55. The van der Waals surface area contributed by atoms with Crippen LogP contribution in [0.4, 0.5) is 18.9 Å². The summed E-state index contributed by atoms with van der Waals surface area (Å²) in [5.41, 5.74) is 14.5. The number of rotatable bonds is 20. The summed E-state index contributed by atoms with van der Waals surface area (Å²) >= 11 is 0. The summed E-state index contributed by atoms with van der Waals surface area (Å²) in [6.07, 6.45) is -3.53. The van der Waals surface area contributed by atoms with Crippen molar-refractivity contribution in [1.29, 1.82) is 0 Å². The Balaban J connectivity index is 0.000000944. The number of alkyl halides is 3. The van der Waals surface area contributed by atoms with Gasteiger partial charge in [-0.2, -0.15) is 23.4 Å². The second-order valence-electron chi connectivity index (χ2n) is 12.4. The molecule has 52 heavy (non-hydrogen) atoms. The molecule has 2 aromatic carbocycles. The topological polar surface area (TPSA) is 189 Å². The van der Waals surface area contributed by atoms with Crippen molar-refractivity contribution >= 4 is 35.1 Å². The SMILES string of the molecule is CC1(C)OB(c2ccc(OCCOCCOCCOCCOCCOCCN)c(-c3ccc4c(N)cnnc4c3)c2)OC1(C)C.O=C(O)C(F)(F)F. The highest BCUT2D eigenvalue weighted by molar-refractivity contribution is 6.62. The summed E-state index contributed by atoms with van der Waals surface area (Å²) in [7, 11) is -0.507. The smallest absolute Gasteiger partial charge is 0.491 e. The Morgan fingerprint density at radius 3 is 1.81 bits per heavy atom. The lowest BCUT2D eigenvalue weighted by molar-refractivity contribution is -0.192. The highest BCUT2D eigenvalue weighted by atomic mass is 19.4. The van der Waals surface area contributed by atoms with E-state index in [-0.39, 0.29) is 0 Å². The van der Waals surface area contributed by atoms with Gasteiger partial charge in [-0.05, 0) is 56.9 Å². The van der Waals surface area contributed by atoms with Crippen molar-refractivity contribution in [1.82, 2.24) is 10.2 Å². The van der Waals surface area contributed by atoms with Gasteiger partial charge in [-0.25, -0.2) is 4.79 Å². The lowest BCUT2D eigenvalue weighted by Crippen LogP contribution is -2.41. The number of halogens is 3. The minimum absolute atomic E-state index is 0.365. The lowest BCUT2D eigenvalue weighted by Gasteiger charge is -2.32. The van der Waals surface area contributed by atoms with Crippen LogP contribution in [-0.4, -0.2) is 125 Å². The van der Waals surface area contributed by atoms with E-state index in [0.717, 1.165) is 22.0 Å². The number of fused-ring (bicyclic) bond motifs is 1. The van der Waals surface area contributed by atoms with Crippen molar-refractivity contribution in [2.45, 2.75) is 45.1 Å². The van der Waals surface area contributed by atoms with Crippen LogP contribution < -0.4 is 21.7 Å². The predicted octanol–water partition coefficient (Wildman–Crippen LogP) is 3.23. The number of benzene rings is 2. The first-order chi connectivity index (χ1) is 24.7. The third kappa shape index (κ3) is 13.4. The van der Waals surface area contributed by atoms with E-state index in [1.54, 1.807) is 6.20 Å². The molecule has 4 rings (SSSR count). The molecule has 0 bridgehead atoms. The van der Waals surface area contributed by atoms with Gasteiger partial charge < -0.3 is 54.3 Å². The fourth-order valence-corrected chi connectivity index (χ4v) is 4.55. The zero-order valence-electron chi connectivity index (χ0n) is 29.9. The summed E-state index contributed by atoms with van der Waals surface area (Å²) in [6.45, 7) is 14.0. The van der Waals surface area contributed by atoms with E-state index in [1.807, 2.05) is 64.1 Å². The average Bonchev–Trinajstić information content (AvgIpc) is 3.31. The quantitative estimate of drug-likeness (QED) is 0.113. The van der Waals surface area contributed by atoms with E-state index in [1.165, 1.54) is 0 Å². The van der Waals surface area contributed by atoms with Crippen LogP contribution in [0.25, 0.3) is 22.0 Å². The molecule has 3 aromatic rings. The van der Waals surface area contributed by atoms with Crippen molar-refractivity contribution in [3.8, 4) is 16.9 Å². The van der Waals surface area contributed by atoms with Crippen LogP contribution in [0.5, 0.6) is 5.75 Å². The molecule has 1 aliphatic heterocycles. The highest BCUT2D eigenvalue weighted by Gasteiger charge is 2.51. The number of aromatic nitrogens is 2. The Kier molecular flexibility index (Phi) is 16.9. The molecule has 0 unspecified atom stereocenters. The maximum atomic E-state index is 10.6. The monoisotopic (exact) mass is 740 g/mol. The van der Waals surface area contributed by atoms with E-state index >= 15 is 0 Å². The summed E-state index contributed by atoms with van der Waals surface area (Å²) in [4.78, 5) is 8.90. The number of carboxylic acids is 1. The maximum Gasteiger partial charge on any atom is 0.494 e. The highest BCUT2D eigenvalue weighted by Crippen LogP contribution is 2.38. The molecule has 0 saturated carbocycles. The molecule has 1 fully saturated rings. The number of ether oxygens (including phenoxy) is 6. The van der Waals surface area contributed by atoms with E-state index in [4.69, 9.17) is 59.1 Å². The fraction of sp³-hybridized carbons (Fsp3) is 0.559.